The van der Waals surface area contributed by atoms with E-state index in [1.54, 1.807) is 12.1 Å². The average molecular weight is 379 g/mol. The third-order valence-corrected chi connectivity index (χ3v) is 4.89. The largest absolute Gasteiger partial charge is 0.361 e. The second-order valence-electron chi connectivity index (χ2n) is 5.64. The highest BCUT2D eigenvalue weighted by atomic mass is 32.2. The van der Waals surface area contributed by atoms with Crippen molar-refractivity contribution < 1.29 is 8.91 Å². The molecule has 0 bridgehead atoms. The van der Waals surface area contributed by atoms with Gasteiger partial charge in [-0.05, 0) is 25.5 Å². The standard InChI is InChI=1S/C19H27FN4OS/c1-4-16-14(17(5-2)25-24-16)13-23-19(21-6-3)22-11-12-26-18-10-8-7-9-15(18)20/h7-10H,4-6,11-13H2,1-3H3,(H2,21,22,23). The molecule has 26 heavy (non-hydrogen) atoms. The van der Waals surface area contributed by atoms with Gasteiger partial charge in [0.05, 0.1) is 12.2 Å². The van der Waals surface area contributed by atoms with Crippen LogP contribution in [0.25, 0.3) is 0 Å². The highest BCUT2D eigenvalue weighted by Gasteiger charge is 2.13. The van der Waals surface area contributed by atoms with Crippen molar-refractivity contribution in [2.24, 2.45) is 4.99 Å². The average Bonchev–Trinajstić information content (AvgIpc) is 3.06. The van der Waals surface area contributed by atoms with Crippen LogP contribution in [0.2, 0.25) is 0 Å². The number of thioether (sulfide) groups is 1. The van der Waals surface area contributed by atoms with Gasteiger partial charge in [-0.2, -0.15) is 0 Å². The van der Waals surface area contributed by atoms with E-state index in [0.717, 1.165) is 48.1 Å². The van der Waals surface area contributed by atoms with Crippen LogP contribution in [0, 0.1) is 5.82 Å². The van der Waals surface area contributed by atoms with E-state index in [-0.39, 0.29) is 5.82 Å². The normalized spacial score (nSPS) is 11.6. The Kier molecular flexibility index (Phi) is 8.47. The van der Waals surface area contributed by atoms with Crippen LogP contribution >= 0.6 is 11.8 Å². The zero-order valence-corrected chi connectivity index (χ0v) is 16.5. The molecule has 0 saturated heterocycles. The van der Waals surface area contributed by atoms with Crippen molar-refractivity contribution in [2.45, 2.75) is 45.1 Å². The van der Waals surface area contributed by atoms with Gasteiger partial charge < -0.3 is 15.2 Å². The molecule has 0 radical (unpaired) electrons. The van der Waals surface area contributed by atoms with Crippen LogP contribution in [-0.2, 0) is 19.4 Å². The van der Waals surface area contributed by atoms with Crippen molar-refractivity contribution in [1.29, 1.82) is 0 Å². The molecular formula is C19H27FN4OS. The number of rotatable bonds is 9. The number of guanidine groups is 1. The van der Waals surface area contributed by atoms with Crippen LogP contribution in [0.5, 0.6) is 0 Å². The third kappa shape index (κ3) is 5.76. The van der Waals surface area contributed by atoms with Crippen molar-refractivity contribution >= 4 is 17.7 Å². The molecule has 2 rings (SSSR count). The van der Waals surface area contributed by atoms with Gasteiger partial charge in [0.2, 0.25) is 0 Å². The molecule has 1 aromatic carbocycles. The van der Waals surface area contributed by atoms with Crippen LogP contribution in [-0.4, -0.2) is 30.0 Å². The Bertz CT molecular complexity index is 696. The fourth-order valence-corrected chi connectivity index (χ4v) is 3.31. The minimum absolute atomic E-state index is 0.176. The number of nitrogens with one attached hydrogen (secondary N) is 2. The minimum Gasteiger partial charge on any atom is -0.361 e. The van der Waals surface area contributed by atoms with Crippen LogP contribution in [0.1, 0.15) is 37.8 Å². The Balaban J connectivity index is 1.90. The maximum atomic E-state index is 13.6. The highest BCUT2D eigenvalue weighted by molar-refractivity contribution is 7.99. The van der Waals surface area contributed by atoms with Crippen LogP contribution in [0.15, 0.2) is 38.7 Å². The van der Waals surface area contributed by atoms with Gasteiger partial charge in [0.25, 0.3) is 0 Å². The zero-order valence-electron chi connectivity index (χ0n) is 15.6. The van der Waals surface area contributed by atoms with Gasteiger partial charge in [-0.3, -0.25) is 0 Å². The molecule has 1 heterocycles. The first kappa shape index (κ1) is 20.3. The lowest BCUT2D eigenvalue weighted by atomic mass is 10.1. The summed E-state index contributed by atoms with van der Waals surface area (Å²) in [6.07, 6.45) is 1.64. The summed E-state index contributed by atoms with van der Waals surface area (Å²) < 4.78 is 19.0. The van der Waals surface area contributed by atoms with Gasteiger partial charge in [-0.25, -0.2) is 9.38 Å². The second kappa shape index (κ2) is 10.9. The lowest BCUT2D eigenvalue weighted by molar-refractivity contribution is 0.380. The first-order chi connectivity index (χ1) is 12.7. The molecule has 0 aliphatic rings. The number of halogens is 1. The second-order valence-corrected chi connectivity index (χ2v) is 6.78. The first-order valence-electron chi connectivity index (χ1n) is 9.05. The van der Waals surface area contributed by atoms with E-state index in [0.29, 0.717) is 18.0 Å². The van der Waals surface area contributed by atoms with E-state index in [2.05, 4.69) is 34.6 Å². The summed E-state index contributed by atoms with van der Waals surface area (Å²) in [5, 5.41) is 10.6. The van der Waals surface area contributed by atoms with Gasteiger partial charge in [0, 0.05) is 35.7 Å². The first-order valence-corrected chi connectivity index (χ1v) is 10.0. The smallest absolute Gasteiger partial charge is 0.191 e. The molecule has 0 spiro atoms. The molecule has 0 fully saturated rings. The summed E-state index contributed by atoms with van der Waals surface area (Å²) in [4.78, 5) is 5.31. The van der Waals surface area contributed by atoms with E-state index < -0.39 is 0 Å². The summed E-state index contributed by atoms with van der Waals surface area (Å²) in [6, 6.07) is 6.83. The van der Waals surface area contributed by atoms with Crippen LogP contribution in [0.4, 0.5) is 4.39 Å². The lowest BCUT2D eigenvalue weighted by Crippen LogP contribution is -2.38. The van der Waals surface area contributed by atoms with Crippen molar-refractivity contribution in [2.75, 3.05) is 18.8 Å². The molecule has 7 heteroatoms. The SMILES string of the molecule is CCNC(=NCc1c(CC)noc1CC)NCCSc1ccccc1F. The molecule has 2 N–H and O–H groups in total. The molecule has 0 amide bonds. The van der Waals surface area contributed by atoms with Gasteiger partial charge >= 0.3 is 0 Å². The number of hydrogen-bond acceptors (Lipinski definition) is 4. The zero-order chi connectivity index (χ0) is 18.8. The Morgan fingerprint density at radius 1 is 1.19 bits per heavy atom. The molecule has 0 atom stereocenters. The molecule has 5 nitrogen and oxygen atoms in total. The van der Waals surface area contributed by atoms with Gasteiger partial charge in [-0.15, -0.1) is 11.8 Å². The summed E-state index contributed by atoms with van der Waals surface area (Å²) in [5.41, 5.74) is 2.05. The number of aromatic nitrogens is 1. The molecule has 142 valence electrons. The van der Waals surface area contributed by atoms with Crippen molar-refractivity contribution in [1.82, 2.24) is 15.8 Å². The summed E-state index contributed by atoms with van der Waals surface area (Å²) >= 11 is 1.49. The topological polar surface area (TPSA) is 62.5 Å². The fourth-order valence-electron chi connectivity index (χ4n) is 2.51. The number of aliphatic imine (C=N–C) groups is 1. The molecule has 2 aromatic rings. The van der Waals surface area contributed by atoms with E-state index in [4.69, 9.17) is 4.52 Å². The molecule has 0 unspecified atom stereocenters. The van der Waals surface area contributed by atoms with Crippen LogP contribution < -0.4 is 10.6 Å². The Morgan fingerprint density at radius 2 is 2.00 bits per heavy atom. The number of hydrogen-bond donors (Lipinski definition) is 2. The number of nitrogens with zero attached hydrogens (tertiary/aromatic N) is 2. The summed E-state index contributed by atoms with van der Waals surface area (Å²) in [6.45, 7) is 8.14. The monoisotopic (exact) mass is 378 g/mol. The number of aryl methyl sites for hydroxylation is 2. The molecule has 0 saturated carbocycles. The maximum absolute atomic E-state index is 13.6. The van der Waals surface area contributed by atoms with E-state index >= 15 is 0 Å². The summed E-state index contributed by atoms with van der Waals surface area (Å²) in [7, 11) is 0. The molecular weight excluding hydrogens is 351 g/mol. The quantitative estimate of drug-likeness (QED) is 0.301. The molecule has 0 aliphatic carbocycles. The minimum atomic E-state index is -0.176. The predicted molar refractivity (Wildman–Crippen MR) is 105 cm³/mol. The third-order valence-electron chi connectivity index (χ3n) is 3.84. The number of benzene rings is 1. The summed E-state index contributed by atoms with van der Waals surface area (Å²) in [5.74, 6) is 2.21. The highest BCUT2D eigenvalue weighted by Crippen LogP contribution is 2.20. The van der Waals surface area contributed by atoms with E-state index in [1.807, 2.05) is 13.0 Å². The van der Waals surface area contributed by atoms with Crippen molar-refractivity contribution in [3.05, 3.63) is 47.1 Å². The lowest BCUT2D eigenvalue weighted by Gasteiger charge is -2.11. The van der Waals surface area contributed by atoms with Crippen molar-refractivity contribution in [3.8, 4) is 0 Å². The van der Waals surface area contributed by atoms with Gasteiger partial charge in [0.15, 0.2) is 5.96 Å². The van der Waals surface area contributed by atoms with E-state index in [9.17, 15) is 4.39 Å². The Labute approximate surface area is 158 Å². The molecule has 0 aliphatic heterocycles. The van der Waals surface area contributed by atoms with Crippen molar-refractivity contribution in [3.63, 3.8) is 0 Å². The molecule has 1 aromatic heterocycles. The Morgan fingerprint density at radius 3 is 2.69 bits per heavy atom. The predicted octanol–water partition coefficient (Wildman–Crippen LogP) is 3.79. The van der Waals surface area contributed by atoms with Gasteiger partial charge in [0.1, 0.15) is 11.6 Å². The Hall–Kier alpha value is -2.02. The fraction of sp³-hybridized carbons (Fsp3) is 0.474. The maximum Gasteiger partial charge on any atom is 0.191 e. The van der Waals surface area contributed by atoms with Gasteiger partial charge in [-0.1, -0.05) is 31.1 Å². The van der Waals surface area contributed by atoms with Crippen LogP contribution in [0.3, 0.4) is 0 Å². The van der Waals surface area contributed by atoms with E-state index in [1.165, 1.54) is 17.8 Å².